The van der Waals surface area contributed by atoms with Crippen molar-refractivity contribution in [3.05, 3.63) is 22.2 Å². The summed E-state index contributed by atoms with van der Waals surface area (Å²) >= 11 is 0. The van der Waals surface area contributed by atoms with Gasteiger partial charge in [-0.1, -0.05) is 11.8 Å². The van der Waals surface area contributed by atoms with E-state index in [9.17, 15) is 33.3 Å². The van der Waals surface area contributed by atoms with Crippen LogP contribution in [0.1, 0.15) is 37.5 Å². The molecule has 21 nitrogen and oxygen atoms in total. The summed E-state index contributed by atoms with van der Waals surface area (Å²) in [6.45, 7) is 0.249. The third kappa shape index (κ3) is 11.8. The molecule has 1 fully saturated rings. The molecule has 0 saturated carbocycles. The molecule has 0 radical (unpaired) electrons. The van der Waals surface area contributed by atoms with Crippen molar-refractivity contribution in [3.63, 3.8) is 0 Å². The SMILES string of the molecule is NOCCCCC(=O)NCC#Cc1cn(C2OC(OOP(=O)(O)OP(=O)(O)OP(=O)(O)O)CC2O)c(=O)nc1N. The molecule has 40 heavy (non-hydrogen) atoms. The Balaban J connectivity index is 2.00. The van der Waals surface area contributed by atoms with Gasteiger partial charge in [-0.15, -0.1) is 4.67 Å². The van der Waals surface area contributed by atoms with Gasteiger partial charge >= 0.3 is 29.2 Å². The molecule has 226 valence electrons. The molecule has 0 spiro atoms. The minimum Gasteiger partial charge on any atom is -0.388 e. The first-order chi connectivity index (χ1) is 18.5. The molecule has 0 aromatic carbocycles. The van der Waals surface area contributed by atoms with E-state index in [0.717, 1.165) is 10.8 Å². The molecule has 0 bridgehead atoms. The number of nitrogens with zero attached hydrogens (tertiary/aromatic N) is 2. The molecule has 5 atom stereocenters. The van der Waals surface area contributed by atoms with Crippen molar-refractivity contribution in [2.75, 3.05) is 18.9 Å². The molecule has 1 saturated heterocycles. The number of hydrogen-bond acceptors (Lipinski definition) is 15. The lowest BCUT2D eigenvalue weighted by molar-refractivity contribution is -0.326. The molecule has 2 rings (SSSR count). The van der Waals surface area contributed by atoms with Gasteiger partial charge in [-0.25, -0.2) is 24.4 Å². The Morgan fingerprint density at radius 1 is 1.20 bits per heavy atom. The highest BCUT2D eigenvalue weighted by atomic mass is 31.3. The van der Waals surface area contributed by atoms with E-state index in [2.05, 4.69) is 45.2 Å². The van der Waals surface area contributed by atoms with Gasteiger partial charge in [0, 0.05) is 19.0 Å². The molecule has 1 aromatic heterocycles. The maximum Gasteiger partial charge on any atom is 0.508 e. The third-order valence-corrected chi connectivity index (χ3v) is 8.08. The zero-order chi connectivity index (χ0) is 30.1. The molecule has 1 aliphatic rings. The van der Waals surface area contributed by atoms with Crippen LogP contribution in [0.25, 0.3) is 0 Å². The number of phosphoric acid groups is 3. The Hall–Kier alpha value is -2.08. The van der Waals surface area contributed by atoms with E-state index in [4.69, 9.17) is 31.0 Å². The van der Waals surface area contributed by atoms with Crippen LogP contribution in [0, 0.1) is 11.8 Å². The van der Waals surface area contributed by atoms with Gasteiger partial charge < -0.3 is 45.3 Å². The first-order valence-corrected chi connectivity index (χ1v) is 15.3. The van der Waals surface area contributed by atoms with Crippen molar-refractivity contribution >= 4 is 35.2 Å². The van der Waals surface area contributed by atoms with Crippen LogP contribution in [0.5, 0.6) is 0 Å². The second-order valence-corrected chi connectivity index (χ2v) is 12.0. The number of anilines is 1. The van der Waals surface area contributed by atoms with E-state index >= 15 is 0 Å². The fourth-order valence-corrected chi connectivity index (χ4v) is 5.75. The Morgan fingerprint density at radius 2 is 1.90 bits per heavy atom. The van der Waals surface area contributed by atoms with Crippen molar-refractivity contribution < 1.29 is 70.9 Å². The summed E-state index contributed by atoms with van der Waals surface area (Å²) in [4.78, 5) is 72.1. The first kappa shape index (κ1) is 34.1. The molecule has 1 amide bonds. The zero-order valence-electron chi connectivity index (χ0n) is 20.2. The van der Waals surface area contributed by atoms with E-state index < -0.39 is 54.2 Å². The second-order valence-electron chi connectivity index (χ2n) is 7.66. The van der Waals surface area contributed by atoms with Crippen molar-refractivity contribution in [1.29, 1.82) is 0 Å². The number of nitrogen functional groups attached to an aromatic ring is 1. The third-order valence-electron chi connectivity index (χ3n) is 4.48. The standard InChI is InChI=1S/C16H26N5O16P3/c17-14-10(4-3-6-19-12(23)5-1-2-7-32-18)9-21(16(24)20-14)15-11(22)8-13(33-15)34-35-39(28,29)37-40(30,31)36-38(25,26)27/h9,11,13,15,22H,1-2,5-8,18H2,(H,19,23)(H,28,29)(H,30,31)(H2,17,20,24)(H2,25,26,27). The molecular formula is C16H26N5O16P3. The van der Waals surface area contributed by atoms with Crippen LogP contribution in [0.2, 0.25) is 0 Å². The van der Waals surface area contributed by atoms with Crippen LogP contribution in [0.4, 0.5) is 5.82 Å². The molecule has 0 aliphatic carbocycles. The number of unbranched alkanes of at least 4 members (excludes halogenated alkanes) is 1. The number of nitrogens with one attached hydrogen (secondary N) is 1. The van der Waals surface area contributed by atoms with Gasteiger partial charge in [0.1, 0.15) is 11.9 Å². The summed E-state index contributed by atoms with van der Waals surface area (Å²) < 4.78 is 50.8. The summed E-state index contributed by atoms with van der Waals surface area (Å²) in [5.41, 5.74) is 4.74. The van der Waals surface area contributed by atoms with E-state index in [1.54, 1.807) is 0 Å². The smallest absolute Gasteiger partial charge is 0.388 e. The lowest BCUT2D eigenvalue weighted by Crippen LogP contribution is -2.32. The van der Waals surface area contributed by atoms with E-state index in [1.807, 2.05) is 0 Å². The summed E-state index contributed by atoms with van der Waals surface area (Å²) in [5, 5.41) is 12.8. The fourth-order valence-electron chi connectivity index (χ4n) is 2.93. The topological polar surface area (TPSA) is 324 Å². The Morgan fingerprint density at radius 3 is 2.55 bits per heavy atom. The van der Waals surface area contributed by atoms with Crippen molar-refractivity contribution in [2.24, 2.45) is 5.90 Å². The highest BCUT2D eigenvalue weighted by molar-refractivity contribution is 7.66. The summed E-state index contributed by atoms with van der Waals surface area (Å²) in [7, 11) is -17.0. The second kappa shape index (κ2) is 14.7. The van der Waals surface area contributed by atoms with Crippen molar-refractivity contribution in [3.8, 4) is 11.8 Å². The molecule has 2 heterocycles. The largest absolute Gasteiger partial charge is 0.508 e. The molecule has 1 aliphatic heterocycles. The van der Waals surface area contributed by atoms with Gasteiger partial charge in [0.15, 0.2) is 12.5 Å². The lowest BCUT2D eigenvalue weighted by atomic mass is 10.2. The van der Waals surface area contributed by atoms with Gasteiger partial charge in [0.2, 0.25) is 5.91 Å². The van der Waals surface area contributed by atoms with E-state index in [0.29, 0.717) is 19.4 Å². The van der Waals surface area contributed by atoms with Gasteiger partial charge in [-0.2, -0.15) is 18.5 Å². The van der Waals surface area contributed by atoms with Crippen LogP contribution in [-0.2, 0) is 46.2 Å². The monoisotopic (exact) mass is 637 g/mol. The zero-order valence-corrected chi connectivity index (χ0v) is 22.9. The van der Waals surface area contributed by atoms with Crippen LogP contribution < -0.4 is 22.6 Å². The van der Waals surface area contributed by atoms with Gasteiger partial charge in [-0.05, 0) is 12.8 Å². The van der Waals surface area contributed by atoms with Crippen molar-refractivity contribution in [2.45, 2.75) is 44.3 Å². The Labute approximate surface area is 224 Å². The number of carbonyl (C=O) groups is 1. The molecule has 24 heteroatoms. The number of aliphatic hydroxyl groups is 1. The van der Waals surface area contributed by atoms with E-state index in [-0.39, 0.29) is 30.3 Å². The summed E-state index contributed by atoms with van der Waals surface area (Å²) in [6, 6.07) is 0. The number of amides is 1. The number of hydrogen-bond donors (Lipinski definition) is 8. The average Bonchev–Trinajstić information content (AvgIpc) is 3.17. The predicted molar refractivity (Wildman–Crippen MR) is 127 cm³/mol. The fraction of sp³-hybridized carbons (Fsp3) is 0.562. The summed E-state index contributed by atoms with van der Waals surface area (Å²) in [5.74, 6) is 9.57. The minimum atomic E-state index is -5.79. The highest BCUT2D eigenvalue weighted by Gasteiger charge is 2.43. The summed E-state index contributed by atoms with van der Waals surface area (Å²) in [6.07, 6.45) is -2.70. The highest BCUT2D eigenvalue weighted by Crippen LogP contribution is 2.66. The Kier molecular flexibility index (Phi) is 12.5. The van der Waals surface area contributed by atoms with Gasteiger partial charge in [-0.3, -0.25) is 9.36 Å². The normalized spacial score (nSPS) is 22.1. The Bertz CT molecular complexity index is 1310. The lowest BCUT2D eigenvalue weighted by Gasteiger charge is -2.18. The maximum atomic E-state index is 12.3. The molecular weight excluding hydrogens is 611 g/mol. The number of carbonyl (C=O) groups excluding carboxylic acids is 1. The van der Waals surface area contributed by atoms with Gasteiger partial charge in [0.25, 0.3) is 0 Å². The molecule has 5 unspecified atom stereocenters. The predicted octanol–water partition coefficient (Wildman–Crippen LogP) is -1.77. The molecule has 1 aromatic rings. The van der Waals surface area contributed by atoms with E-state index in [1.165, 1.54) is 0 Å². The van der Waals surface area contributed by atoms with Crippen LogP contribution in [-0.4, -0.2) is 65.7 Å². The van der Waals surface area contributed by atoms with Crippen LogP contribution in [0.3, 0.4) is 0 Å². The van der Waals surface area contributed by atoms with Crippen LogP contribution >= 0.6 is 23.5 Å². The average molecular weight is 637 g/mol. The number of rotatable bonds is 14. The van der Waals surface area contributed by atoms with Crippen LogP contribution in [0.15, 0.2) is 11.0 Å². The number of nitrogens with two attached hydrogens (primary N) is 2. The van der Waals surface area contributed by atoms with Crippen molar-refractivity contribution in [1.82, 2.24) is 14.9 Å². The molecule has 10 N–H and O–H groups in total. The maximum absolute atomic E-state index is 12.3. The number of ether oxygens (including phenoxy) is 1. The number of aliphatic hydroxyl groups excluding tert-OH is 1. The van der Waals surface area contributed by atoms with Gasteiger partial charge in [0.05, 0.1) is 18.7 Å². The minimum absolute atomic E-state index is 0.0161. The first-order valence-electron chi connectivity index (χ1n) is 10.8. The quantitative estimate of drug-likeness (QED) is 0.0368. The number of aromatic nitrogens is 2.